The zero-order chi connectivity index (χ0) is 7.84. The van der Waals surface area contributed by atoms with Crippen molar-refractivity contribution in [3.63, 3.8) is 0 Å². The molecule has 0 spiro atoms. The highest BCUT2D eigenvalue weighted by Gasteiger charge is 2.00. The smallest absolute Gasteiger partial charge is 0.335 e. The predicted molar refractivity (Wildman–Crippen MR) is 40.5 cm³/mol. The summed E-state index contributed by atoms with van der Waals surface area (Å²) in [4.78, 5) is 17.3. The first-order valence-corrected chi connectivity index (χ1v) is 3.09. The van der Waals surface area contributed by atoms with Gasteiger partial charge in [-0.3, -0.25) is 4.98 Å². The van der Waals surface area contributed by atoms with Crippen LogP contribution in [0.2, 0.25) is 0 Å². The van der Waals surface area contributed by atoms with Gasteiger partial charge in [-0.15, -0.1) is 0 Å². The summed E-state index contributed by atoms with van der Waals surface area (Å²) in [6.07, 6.45) is 3.13. The molecule has 0 aromatic carbocycles. The van der Waals surface area contributed by atoms with Gasteiger partial charge in [-0.05, 0) is 6.07 Å². The minimum atomic E-state index is -0.326. The number of nitrogen functional groups attached to an aromatic ring is 1. The monoisotopic (exact) mass is 150 g/mol. The lowest BCUT2D eigenvalue weighted by Crippen LogP contribution is -2.23. The molecule has 0 amide bonds. The number of nitrogens with two attached hydrogens (primary N) is 1. The van der Waals surface area contributed by atoms with Gasteiger partial charge in [0.25, 0.3) is 0 Å². The Morgan fingerprint density at radius 2 is 2.45 bits per heavy atom. The predicted octanol–water partition coefficient (Wildman–Crippen LogP) is -0.562. The number of fused-ring (bicyclic) bond motifs is 1. The molecule has 0 unspecified atom stereocenters. The van der Waals surface area contributed by atoms with Crippen LogP contribution in [-0.2, 0) is 0 Å². The van der Waals surface area contributed by atoms with Crippen LogP contribution in [0, 0.1) is 0 Å². The molecule has 11 heavy (non-hydrogen) atoms. The normalized spacial score (nSPS) is 10.5. The number of rotatable bonds is 0. The highest BCUT2D eigenvalue weighted by atomic mass is 16.1. The first kappa shape index (κ1) is 5.96. The van der Waals surface area contributed by atoms with Crippen LogP contribution in [0.5, 0.6) is 0 Å². The number of H-pyrrole nitrogens is 1. The van der Waals surface area contributed by atoms with Crippen LogP contribution >= 0.6 is 0 Å². The second-order valence-corrected chi connectivity index (χ2v) is 2.19. The van der Waals surface area contributed by atoms with Crippen LogP contribution in [0.25, 0.3) is 11.0 Å². The third-order valence-electron chi connectivity index (χ3n) is 1.52. The molecule has 5 heteroatoms. The average Bonchev–Trinajstić information content (AvgIpc) is 2.30. The number of aromatic nitrogens is 3. The van der Waals surface area contributed by atoms with Crippen molar-refractivity contribution in [2.75, 3.05) is 5.84 Å². The lowest BCUT2D eigenvalue weighted by atomic mass is 10.4. The van der Waals surface area contributed by atoms with Crippen molar-refractivity contribution in [3.8, 4) is 0 Å². The summed E-state index contributed by atoms with van der Waals surface area (Å²) in [5.74, 6) is 5.37. The number of pyridine rings is 1. The van der Waals surface area contributed by atoms with Crippen molar-refractivity contribution < 1.29 is 0 Å². The highest BCUT2D eigenvalue weighted by Crippen LogP contribution is 2.02. The molecule has 0 atom stereocenters. The molecule has 0 saturated heterocycles. The molecule has 0 radical (unpaired) electrons. The van der Waals surface area contributed by atoms with E-state index in [4.69, 9.17) is 5.84 Å². The van der Waals surface area contributed by atoms with Crippen molar-refractivity contribution in [1.82, 2.24) is 14.6 Å². The third kappa shape index (κ3) is 0.706. The molecule has 0 aliphatic heterocycles. The van der Waals surface area contributed by atoms with Crippen LogP contribution in [0.4, 0.5) is 0 Å². The Bertz CT molecular complexity index is 441. The lowest BCUT2D eigenvalue weighted by Gasteiger charge is -1.89. The highest BCUT2D eigenvalue weighted by molar-refractivity contribution is 5.73. The van der Waals surface area contributed by atoms with E-state index in [0.29, 0.717) is 11.0 Å². The van der Waals surface area contributed by atoms with Gasteiger partial charge in [-0.1, -0.05) is 0 Å². The topological polar surface area (TPSA) is 76.7 Å². The maximum absolute atomic E-state index is 10.9. The Balaban J connectivity index is 3.04. The fourth-order valence-electron chi connectivity index (χ4n) is 0.969. The number of nitrogens with one attached hydrogen (secondary N) is 1. The number of nitrogens with zero attached hydrogens (tertiary/aromatic N) is 2. The summed E-state index contributed by atoms with van der Waals surface area (Å²) >= 11 is 0. The zero-order valence-electron chi connectivity index (χ0n) is 5.61. The molecule has 2 rings (SSSR count). The van der Waals surface area contributed by atoms with Crippen LogP contribution < -0.4 is 11.5 Å². The lowest BCUT2D eigenvalue weighted by molar-refractivity contribution is 0.965. The molecular weight excluding hydrogens is 144 g/mol. The van der Waals surface area contributed by atoms with Crippen LogP contribution in [0.1, 0.15) is 0 Å². The summed E-state index contributed by atoms with van der Waals surface area (Å²) in [6.45, 7) is 0. The van der Waals surface area contributed by atoms with Gasteiger partial charge >= 0.3 is 5.69 Å². The van der Waals surface area contributed by atoms with Gasteiger partial charge in [-0.2, -0.15) is 0 Å². The number of hydrogen-bond donors (Lipinski definition) is 2. The van der Waals surface area contributed by atoms with Crippen molar-refractivity contribution in [1.29, 1.82) is 0 Å². The Morgan fingerprint density at radius 3 is 3.18 bits per heavy atom. The molecule has 5 nitrogen and oxygen atoms in total. The fraction of sp³-hybridized carbons (Fsp3) is 0. The molecule has 2 heterocycles. The zero-order valence-corrected chi connectivity index (χ0v) is 5.61. The van der Waals surface area contributed by atoms with E-state index >= 15 is 0 Å². The van der Waals surface area contributed by atoms with Crippen LogP contribution in [-0.4, -0.2) is 14.6 Å². The second kappa shape index (κ2) is 1.85. The Hall–Kier alpha value is -1.78. The maximum atomic E-state index is 10.9. The van der Waals surface area contributed by atoms with Gasteiger partial charge in [0.1, 0.15) is 5.52 Å². The first-order chi connectivity index (χ1) is 5.29. The standard InChI is InChI=1S/C6H6N4O/c7-10-5-3-8-2-1-4(5)9-6(10)11/h1-3H,7H2,(H,9,11). The molecule has 0 aliphatic rings. The quantitative estimate of drug-likeness (QED) is 0.494. The van der Waals surface area contributed by atoms with Crippen molar-refractivity contribution in [2.24, 2.45) is 0 Å². The Labute approximate surface area is 61.4 Å². The largest absolute Gasteiger partial charge is 0.344 e. The second-order valence-electron chi connectivity index (χ2n) is 2.19. The van der Waals surface area contributed by atoms with E-state index in [2.05, 4.69) is 9.97 Å². The number of hydrogen-bond acceptors (Lipinski definition) is 3. The van der Waals surface area contributed by atoms with Gasteiger partial charge < -0.3 is 10.8 Å². The van der Waals surface area contributed by atoms with Crippen molar-refractivity contribution >= 4 is 11.0 Å². The SMILES string of the molecule is Nn1c(=O)[nH]c2ccncc21. The van der Waals surface area contributed by atoms with Crippen molar-refractivity contribution in [2.45, 2.75) is 0 Å². The summed E-state index contributed by atoms with van der Waals surface area (Å²) in [5, 5.41) is 0. The minimum Gasteiger partial charge on any atom is -0.335 e. The van der Waals surface area contributed by atoms with Crippen molar-refractivity contribution in [3.05, 3.63) is 28.9 Å². The molecule has 0 bridgehead atoms. The van der Waals surface area contributed by atoms with E-state index in [1.54, 1.807) is 12.3 Å². The van der Waals surface area contributed by atoms with E-state index < -0.39 is 0 Å². The fourth-order valence-corrected chi connectivity index (χ4v) is 0.969. The Morgan fingerprint density at radius 1 is 1.64 bits per heavy atom. The molecular formula is C6H6N4O. The van der Waals surface area contributed by atoms with E-state index in [0.717, 1.165) is 4.68 Å². The van der Waals surface area contributed by atoms with Gasteiger partial charge in [0.15, 0.2) is 0 Å². The third-order valence-corrected chi connectivity index (χ3v) is 1.52. The van der Waals surface area contributed by atoms with E-state index in [9.17, 15) is 4.79 Å². The summed E-state index contributed by atoms with van der Waals surface area (Å²) < 4.78 is 1.03. The van der Waals surface area contributed by atoms with Gasteiger partial charge in [0, 0.05) is 6.20 Å². The number of imidazole rings is 1. The molecule has 2 aromatic rings. The Kier molecular flexibility index (Phi) is 1.00. The molecule has 0 saturated carbocycles. The molecule has 0 aliphatic carbocycles. The summed E-state index contributed by atoms with van der Waals surface area (Å²) in [5.41, 5.74) is 0.984. The molecule has 0 fully saturated rings. The van der Waals surface area contributed by atoms with E-state index in [1.165, 1.54) is 6.20 Å². The molecule has 3 N–H and O–H groups in total. The van der Waals surface area contributed by atoms with E-state index in [-0.39, 0.29) is 5.69 Å². The minimum absolute atomic E-state index is 0.326. The molecule has 2 aromatic heterocycles. The van der Waals surface area contributed by atoms with E-state index in [1.807, 2.05) is 0 Å². The first-order valence-electron chi connectivity index (χ1n) is 3.09. The summed E-state index contributed by atoms with van der Waals surface area (Å²) in [6, 6.07) is 1.69. The average molecular weight is 150 g/mol. The summed E-state index contributed by atoms with van der Waals surface area (Å²) in [7, 11) is 0. The number of aromatic amines is 1. The maximum Gasteiger partial charge on any atom is 0.344 e. The van der Waals surface area contributed by atoms with Gasteiger partial charge in [0.05, 0.1) is 11.7 Å². The molecule has 56 valence electrons. The van der Waals surface area contributed by atoms with Gasteiger partial charge in [-0.25, -0.2) is 9.47 Å². The van der Waals surface area contributed by atoms with Crippen LogP contribution in [0.3, 0.4) is 0 Å². The van der Waals surface area contributed by atoms with Crippen LogP contribution in [0.15, 0.2) is 23.3 Å². The van der Waals surface area contributed by atoms with Gasteiger partial charge in [0.2, 0.25) is 0 Å².